The minimum atomic E-state index is -2.66. The second kappa shape index (κ2) is 10.4. The van der Waals surface area contributed by atoms with E-state index in [1.165, 1.54) is 0 Å². The first-order chi connectivity index (χ1) is 11.1. The number of benzene rings is 1. The molecule has 0 aliphatic carbocycles. The first kappa shape index (κ1) is 19.6. The van der Waals surface area contributed by atoms with E-state index in [2.05, 4.69) is 0 Å². The van der Waals surface area contributed by atoms with Crippen molar-refractivity contribution >= 4 is 15.0 Å². The van der Waals surface area contributed by atoms with E-state index in [1.54, 1.807) is 12.1 Å². The summed E-state index contributed by atoms with van der Waals surface area (Å²) < 4.78 is 22.2. The zero-order valence-electron chi connectivity index (χ0n) is 14.0. The number of hydrogen-bond donors (Lipinski definition) is 1. The lowest BCUT2D eigenvalue weighted by molar-refractivity contribution is 0.0708. The van der Waals surface area contributed by atoms with Crippen LogP contribution in [0, 0.1) is 0 Å². The van der Waals surface area contributed by atoms with Gasteiger partial charge in [0.1, 0.15) is 5.75 Å². The van der Waals surface area contributed by atoms with Crippen molar-refractivity contribution in [3.05, 3.63) is 29.8 Å². The summed E-state index contributed by atoms with van der Waals surface area (Å²) in [5, 5.41) is 8.78. The lowest BCUT2D eigenvalue weighted by Crippen LogP contribution is -2.46. The lowest BCUT2D eigenvalue weighted by atomic mass is 10.1. The topological polar surface area (TPSA) is 74.2 Å². The maximum absolute atomic E-state index is 10.7. The van der Waals surface area contributed by atoms with Crippen LogP contribution in [0.2, 0.25) is 6.04 Å². The summed E-state index contributed by atoms with van der Waals surface area (Å²) in [7, 11) is -2.66. The molecule has 0 radical (unpaired) electrons. The fourth-order valence-corrected chi connectivity index (χ4v) is 5.01. The first-order valence-electron chi connectivity index (χ1n) is 7.97. The van der Waals surface area contributed by atoms with Gasteiger partial charge in [-0.2, -0.15) is 0 Å². The third-order valence-electron chi connectivity index (χ3n) is 3.19. The fraction of sp³-hybridized carbons (Fsp3) is 0.562. The van der Waals surface area contributed by atoms with Gasteiger partial charge in [0.2, 0.25) is 0 Å². The van der Waals surface area contributed by atoms with Gasteiger partial charge in [-0.25, -0.2) is 4.79 Å². The van der Waals surface area contributed by atoms with Crippen molar-refractivity contribution in [2.24, 2.45) is 0 Å². The Morgan fingerprint density at radius 1 is 1.04 bits per heavy atom. The van der Waals surface area contributed by atoms with Gasteiger partial charge in [-0.15, -0.1) is 0 Å². The molecule has 0 spiro atoms. The predicted octanol–water partition coefficient (Wildman–Crippen LogP) is 3.72. The quantitative estimate of drug-likeness (QED) is 0.375. The van der Waals surface area contributed by atoms with Gasteiger partial charge in [-0.3, -0.25) is 0 Å². The van der Waals surface area contributed by atoms with Crippen LogP contribution in [0.3, 0.4) is 0 Å². The molecule has 1 rings (SSSR count). The highest BCUT2D eigenvalue weighted by Crippen LogP contribution is 2.24. The third kappa shape index (κ3) is 6.70. The summed E-state index contributed by atoms with van der Waals surface area (Å²) in [5.74, 6) is 0.372. The predicted molar refractivity (Wildman–Crippen MR) is 88.9 cm³/mol. The maximum Gasteiger partial charge on any atom is 0.511 e. The van der Waals surface area contributed by atoms with E-state index in [0.717, 1.165) is 12.0 Å². The minimum absolute atomic E-state index is 0.372. The van der Waals surface area contributed by atoms with Gasteiger partial charge >= 0.3 is 15.0 Å². The molecule has 6 nitrogen and oxygen atoms in total. The van der Waals surface area contributed by atoms with Crippen molar-refractivity contribution in [1.82, 2.24) is 0 Å². The normalized spacial score (nSPS) is 11.4. The van der Waals surface area contributed by atoms with Crippen LogP contribution in [0.5, 0.6) is 5.75 Å². The lowest BCUT2D eigenvalue weighted by Gasteiger charge is -2.28. The zero-order chi connectivity index (χ0) is 17.1. The molecule has 130 valence electrons. The van der Waals surface area contributed by atoms with E-state index < -0.39 is 15.0 Å². The van der Waals surface area contributed by atoms with E-state index in [1.807, 2.05) is 32.9 Å². The fourth-order valence-electron chi connectivity index (χ4n) is 2.40. The molecule has 1 aromatic carbocycles. The SMILES string of the molecule is CCO[Si](CCCc1ccccc1OC(=O)O)(OCC)OCC. The molecule has 0 saturated carbocycles. The second-order valence-electron chi connectivity index (χ2n) is 4.81. The number of ether oxygens (including phenoxy) is 1. The largest absolute Gasteiger partial charge is 0.511 e. The maximum atomic E-state index is 10.7. The molecule has 0 aliphatic rings. The Morgan fingerprint density at radius 3 is 2.13 bits per heavy atom. The van der Waals surface area contributed by atoms with Crippen molar-refractivity contribution in [2.45, 2.75) is 39.7 Å². The summed E-state index contributed by atoms with van der Waals surface area (Å²) in [6.07, 6.45) is 0.136. The average Bonchev–Trinajstić information content (AvgIpc) is 2.49. The molecule has 1 N–H and O–H groups in total. The highest BCUT2D eigenvalue weighted by atomic mass is 28.4. The summed E-state index contributed by atoms with van der Waals surface area (Å²) >= 11 is 0. The Hall–Kier alpha value is -1.41. The van der Waals surface area contributed by atoms with Crippen molar-refractivity contribution in [3.8, 4) is 5.75 Å². The van der Waals surface area contributed by atoms with Gasteiger partial charge in [-0.05, 0) is 45.2 Å². The van der Waals surface area contributed by atoms with Gasteiger partial charge in [-0.1, -0.05) is 18.2 Å². The molecule has 1 aromatic rings. The average molecular weight is 342 g/mol. The molecule has 0 saturated heterocycles. The van der Waals surface area contributed by atoms with Crippen LogP contribution in [0.4, 0.5) is 4.79 Å². The van der Waals surface area contributed by atoms with Gasteiger partial charge in [0.15, 0.2) is 0 Å². The highest BCUT2D eigenvalue weighted by molar-refractivity contribution is 6.60. The van der Waals surface area contributed by atoms with Crippen LogP contribution in [0.15, 0.2) is 24.3 Å². The molecule has 0 amide bonds. The Kier molecular flexibility index (Phi) is 8.86. The number of para-hydroxylation sites is 1. The molecular weight excluding hydrogens is 316 g/mol. The van der Waals surface area contributed by atoms with Crippen molar-refractivity contribution in [1.29, 1.82) is 0 Å². The summed E-state index contributed by atoms with van der Waals surface area (Å²) in [4.78, 5) is 10.7. The van der Waals surface area contributed by atoms with E-state index in [0.29, 0.717) is 38.0 Å². The Morgan fingerprint density at radius 2 is 1.61 bits per heavy atom. The monoisotopic (exact) mass is 342 g/mol. The van der Waals surface area contributed by atoms with Crippen LogP contribution >= 0.6 is 0 Å². The molecule has 0 atom stereocenters. The highest BCUT2D eigenvalue weighted by Gasteiger charge is 2.39. The van der Waals surface area contributed by atoms with Crippen LogP contribution in [-0.4, -0.2) is 39.9 Å². The van der Waals surface area contributed by atoms with Crippen molar-refractivity contribution in [3.63, 3.8) is 0 Å². The Balaban J connectivity index is 2.70. The molecule has 0 aromatic heterocycles. The molecule has 0 heterocycles. The van der Waals surface area contributed by atoms with Crippen LogP contribution in [0.25, 0.3) is 0 Å². The molecule has 23 heavy (non-hydrogen) atoms. The van der Waals surface area contributed by atoms with Crippen molar-refractivity contribution < 1.29 is 27.9 Å². The van der Waals surface area contributed by atoms with E-state index in [-0.39, 0.29) is 0 Å². The minimum Gasteiger partial charge on any atom is -0.449 e. The smallest absolute Gasteiger partial charge is 0.449 e. The summed E-state index contributed by atoms with van der Waals surface area (Å²) in [6.45, 7) is 7.42. The van der Waals surface area contributed by atoms with Gasteiger partial charge in [0, 0.05) is 25.9 Å². The van der Waals surface area contributed by atoms with Gasteiger partial charge in [0.05, 0.1) is 0 Å². The van der Waals surface area contributed by atoms with Crippen LogP contribution < -0.4 is 4.74 Å². The Labute approximate surface area is 138 Å². The molecule has 0 aliphatic heterocycles. The first-order valence-corrected chi connectivity index (χ1v) is 9.90. The van der Waals surface area contributed by atoms with Crippen molar-refractivity contribution in [2.75, 3.05) is 19.8 Å². The molecule has 0 unspecified atom stereocenters. The molecule has 0 bridgehead atoms. The van der Waals surface area contributed by atoms with E-state index in [4.69, 9.17) is 23.1 Å². The number of carboxylic acid groups (broad SMARTS) is 1. The molecular formula is C16H26O6Si. The number of rotatable bonds is 11. The van der Waals surface area contributed by atoms with Gasteiger partial charge in [0.25, 0.3) is 0 Å². The summed E-state index contributed by atoms with van der Waals surface area (Å²) in [6, 6.07) is 7.82. The standard InChI is InChI=1S/C16H26O6Si/c1-4-19-23(20-5-2,21-6-3)13-9-11-14-10-7-8-12-15(14)22-16(17)18/h7-8,10,12H,4-6,9,11,13H2,1-3H3,(H,17,18). The van der Waals surface area contributed by atoms with Crippen LogP contribution in [-0.2, 0) is 19.7 Å². The second-order valence-corrected chi connectivity index (χ2v) is 7.54. The van der Waals surface area contributed by atoms with Crippen LogP contribution in [0.1, 0.15) is 32.8 Å². The zero-order valence-corrected chi connectivity index (χ0v) is 15.0. The molecule has 7 heteroatoms. The van der Waals surface area contributed by atoms with E-state index in [9.17, 15) is 4.79 Å². The molecule has 0 fully saturated rings. The van der Waals surface area contributed by atoms with Gasteiger partial charge < -0.3 is 23.1 Å². The number of carbonyl (C=O) groups is 1. The summed E-state index contributed by atoms with van der Waals surface area (Å²) in [5.41, 5.74) is 0.849. The third-order valence-corrected chi connectivity index (χ3v) is 6.34. The van der Waals surface area contributed by atoms with E-state index >= 15 is 0 Å². The number of aryl methyl sites for hydroxylation is 1. The number of hydrogen-bond acceptors (Lipinski definition) is 5. The Bertz CT molecular complexity index is 462.